The second kappa shape index (κ2) is 4.70. The van der Waals surface area contributed by atoms with Crippen LogP contribution in [0.15, 0.2) is 40.5 Å². The zero-order chi connectivity index (χ0) is 15.2. The molecule has 0 atom stereocenters. The van der Waals surface area contributed by atoms with E-state index in [2.05, 4.69) is 4.98 Å². The van der Waals surface area contributed by atoms with Crippen LogP contribution in [0.5, 0.6) is 0 Å². The first-order valence-electron chi connectivity index (χ1n) is 6.02. The van der Waals surface area contributed by atoms with Crippen molar-refractivity contribution in [2.45, 2.75) is 13.1 Å². The van der Waals surface area contributed by atoms with Crippen molar-refractivity contribution in [3.63, 3.8) is 0 Å². The van der Waals surface area contributed by atoms with Gasteiger partial charge >= 0.3 is 6.18 Å². The quantitative estimate of drug-likeness (QED) is 0.686. The zero-order valence-corrected chi connectivity index (χ0v) is 11.6. The van der Waals surface area contributed by atoms with Gasteiger partial charge in [-0.3, -0.25) is 9.20 Å². The number of benzene rings is 1. The fraction of sp³-hybridized carbons (Fsp3) is 0.143. The van der Waals surface area contributed by atoms with Gasteiger partial charge in [-0.15, -0.1) is 11.3 Å². The van der Waals surface area contributed by atoms with Crippen LogP contribution in [-0.4, -0.2) is 9.38 Å². The molecule has 3 nitrogen and oxygen atoms in total. The van der Waals surface area contributed by atoms with E-state index in [1.54, 1.807) is 5.38 Å². The third kappa shape index (κ3) is 2.44. The molecule has 0 saturated heterocycles. The highest BCUT2D eigenvalue weighted by Gasteiger charge is 2.33. The van der Waals surface area contributed by atoms with Crippen molar-refractivity contribution in [1.82, 2.24) is 9.38 Å². The molecule has 0 spiro atoms. The minimum atomic E-state index is -4.62. The standard InChI is InChI=1S/C14H9F3N2OS/c1-8-2-4-9(5-3-8)10-7-21-13-18-11(14(15,16)17)6-12(20)19(10)13/h2-7H,1H3. The number of aryl methyl sites for hydroxylation is 1. The van der Waals surface area contributed by atoms with Gasteiger partial charge in [-0.05, 0) is 12.5 Å². The molecule has 2 heterocycles. The second-order valence-corrected chi connectivity index (χ2v) is 5.42. The van der Waals surface area contributed by atoms with Gasteiger partial charge in [-0.2, -0.15) is 13.2 Å². The Morgan fingerprint density at radius 2 is 1.86 bits per heavy atom. The summed E-state index contributed by atoms with van der Waals surface area (Å²) in [6.45, 7) is 1.93. The topological polar surface area (TPSA) is 34.4 Å². The summed E-state index contributed by atoms with van der Waals surface area (Å²) in [6.07, 6.45) is -4.62. The summed E-state index contributed by atoms with van der Waals surface area (Å²) in [5.74, 6) is 0. The van der Waals surface area contributed by atoms with Gasteiger partial charge in [0.2, 0.25) is 0 Å². The van der Waals surface area contributed by atoms with Crippen molar-refractivity contribution in [2.24, 2.45) is 0 Å². The second-order valence-electron chi connectivity index (χ2n) is 4.58. The van der Waals surface area contributed by atoms with Gasteiger partial charge in [-0.1, -0.05) is 29.8 Å². The lowest BCUT2D eigenvalue weighted by atomic mass is 10.1. The van der Waals surface area contributed by atoms with E-state index in [1.165, 1.54) is 4.40 Å². The summed E-state index contributed by atoms with van der Waals surface area (Å²) in [5, 5.41) is 1.63. The molecule has 3 rings (SSSR count). The van der Waals surface area contributed by atoms with Crippen molar-refractivity contribution < 1.29 is 13.2 Å². The van der Waals surface area contributed by atoms with Crippen LogP contribution in [-0.2, 0) is 6.18 Å². The number of thiazole rings is 1. The molecule has 108 valence electrons. The highest BCUT2D eigenvalue weighted by Crippen LogP contribution is 2.29. The Balaban J connectivity index is 2.24. The van der Waals surface area contributed by atoms with Crippen LogP contribution in [0.1, 0.15) is 11.3 Å². The van der Waals surface area contributed by atoms with Gasteiger partial charge in [0, 0.05) is 11.4 Å². The molecular weight excluding hydrogens is 301 g/mol. The minimum absolute atomic E-state index is 0.0328. The summed E-state index contributed by atoms with van der Waals surface area (Å²) in [6, 6.07) is 7.92. The van der Waals surface area contributed by atoms with E-state index in [1.807, 2.05) is 31.2 Å². The van der Waals surface area contributed by atoms with Crippen LogP contribution in [0.25, 0.3) is 16.2 Å². The number of fused-ring (bicyclic) bond motifs is 1. The normalized spacial score (nSPS) is 12.0. The fourth-order valence-corrected chi connectivity index (χ4v) is 2.89. The van der Waals surface area contributed by atoms with Crippen molar-refractivity contribution in [3.8, 4) is 11.3 Å². The smallest absolute Gasteiger partial charge is 0.269 e. The summed E-state index contributed by atoms with van der Waals surface area (Å²) in [4.78, 5) is 15.6. The summed E-state index contributed by atoms with van der Waals surface area (Å²) in [7, 11) is 0. The van der Waals surface area contributed by atoms with E-state index in [0.29, 0.717) is 11.8 Å². The predicted molar refractivity (Wildman–Crippen MR) is 74.5 cm³/mol. The molecule has 0 fully saturated rings. The van der Waals surface area contributed by atoms with Crippen molar-refractivity contribution in [2.75, 3.05) is 0 Å². The molecule has 0 aliphatic rings. The van der Waals surface area contributed by atoms with Gasteiger partial charge in [0.05, 0.1) is 5.69 Å². The minimum Gasteiger partial charge on any atom is -0.269 e. The average molecular weight is 310 g/mol. The Labute approximate surface area is 121 Å². The highest BCUT2D eigenvalue weighted by molar-refractivity contribution is 7.15. The maximum Gasteiger partial charge on any atom is 0.433 e. The molecule has 21 heavy (non-hydrogen) atoms. The summed E-state index contributed by atoms with van der Waals surface area (Å²) >= 11 is 1.01. The Morgan fingerprint density at radius 3 is 2.48 bits per heavy atom. The Morgan fingerprint density at radius 1 is 1.19 bits per heavy atom. The number of nitrogens with zero attached hydrogens (tertiary/aromatic N) is 2. The van der Waals surface area contributed by atoms with E-state index in [0.717, 1.165) is 22.5 Å². The molecule has 0 saturated carbocycles. The van der Waals surface area contributed by atoms with Crippen molar-refractivity contribution in [1.29, 1.82) is 0 Å². The first-order valence-corrected chi connectivity index (χ1v) is 6.90. The predicted octanol–water partition coefficient (Wildman–Crippen LogP) is 3.75. The average Bonchev–Trinajstić information content (AvgIpc) is 2.83. The lowest BCUT2D eigenvalue weighted by Gasteiger charge is -2.06. The molecule has 0 aliphatic heterocycles. The lowest BCUT2D eigenvalue weighted by molar-refractivity contribution is -0.141. The van der Waals surface area contributed by atoms with Gasteiger partial charge in [0.15, 0.2) is 10.7 Å². The van der Waals surface area contributed by atoms with Crippen molar-refractivity contribution >= 4 is 16.3 Å². The third-order valence-corrected chi connectivity index (χ3v) is 3.87. The first kappa shape index (κ1) is 13.8. The van der Waals surface area contributed by atoms with Crippen LogP contribution in [0.3, 0.4) is 0 Å². The molecule has 3 aromatic rings. The molecule has 2 aromatic heterocycles. The summed E-state index contributed by atoms with van der Waals surface area (Å²) < 4.78 is 39.2. The third-order valence-electron chi connectivity index (χ3n) is 3.04. The van der Waals surface area contributed by atoms with Crippen molar-refractivity contribution in [3.05, 3.63) is 57.3 Å². The molecule has 0 unspecified atom stereocenters. The highest BCUT2D eigenvalue weighted by atomic mass is 32.1. The van der Waals surface area contributed by atoms with E-state index < -0.39 is 17.4 Å². The van der Waals surface area contributed by atoms with Crippen LogP contribution in [0.2, 0.25) is 0 Å². The molecule has 0 radical (unpaired) electrons. The number of alkyl halides is 3. The SMILES string of the molecule is Cc1ccc(-c2csc3nc(C(F)(F)F)cc(=O)n23)cc1. The number of halogens is 3. The number of hydrogen-bond donors (Lipinski definition) is 0. The van der Waals surface area contributed by atoms with E-state index in [9.17, 15) is 18.0 Å². The van der Waals surface area contributed by atoms with Gasteiger partial charge in [-0.25, -0.2) is 4.98 Å². The Bertz CT molecular complexity index is 863. The molecule has 1 aromatic carbocycles. The number of hydrogen-bond acceptors (Lipinski definition) is 3. The molecule has 7 heteroatoms. The monoisotopic (exact) mass is 310 g/mol. The molecule has 0 amide bonds. The molecule has 0 aliphatic carbocycles. The van der Waals surface area contributed by atoms with E-state index >= 15 is 0 Å². The first-order chi connectivity index (χ1) is 9.86. The lowest BCUT2D eigenvalue weighted by Crippen LogP contribution is -2.19. The molecular formula is C14H9F3N2OS. The van der Waals surface area contributed by atoms with Crippen LogP contribution < -0.4 is 5.56 Å². The fourth-order valence-electron chi connectivity index (χ4n) is 1.99. The summed E-state index contributed by atoms with van der Waals surface area (Å²) in [5.41, 5.74) is 0.466. The Kier molecular flexibility index (Phi) is 3.09. The van der Waals surface area contributed by atoms with Crippen LogP contribution >= 0.6 is 11.3 Å². The van der Waals surface area contributed by atoms with Gasteiger partial charge < -0.3 is 0 Å². The molecule has 0 bridgehead atoms. The van der Waals surface area contributed by atoms with Crippen LogP contribution in [0, 0.1) is 6.92 Å². The van der Waals surface area contributed by atoms with Crippen LogP contribution in [0.4, 0.5) is 13.2 Å². The largest absolute Gasteiger partial charge is 0.433 e. The van der Waals surface area contributed by atoms with Gasteiger partial charge in [0.1, 0.15) is 0 Å². The van der Waals surface area contributed by atoms with E-state index in [4.69, 9.17) is 0 Å². The van der Waals surface area contributed by atoms with E-state index in [-0.39, 0.29) is 4.96 Å². The zero-order valence-electron chi connectivity index (χ0n) is 10.8. The number of aromatic nitrogens is 2. The Hall–Kier alpha value is -2.15. The molecule has 0 N–H and O–H groups in total. The maximum absolute atomic E-state index is 12.7. The number of rotatable bonds is 1. The van der Waals surface area contributed by atoms with Gasteiger partial charge in [0.25, 0.3) is 5.56 Å². The maximum atomic E-state index is 12.7.